The summed E-state index contributed by atoms with van der Waals surface area (Å²) in [5, 5.41) is 14.3. The minimum Gasteiger partial charge on any atom is -0.370 e. The van der Waals surface area contributed by atoms with Gasteiger partial charge in [-0.3, -0.25) is 10.1 Å². The van der Waals surface area contributed by atoms with E-state index >= 15 is 0 Å². The van der Waals surface area contributed by atoms with Crippen molar-refractivity contribution in [3.05, 3.63) is 22.2 Å². The number of nitrogens with zero attached hydrogens (tertiary/aromatic N) is 3. The van der Waals surface area contributed by atoms with Crippen LogP contribution in [-0.4, -0.2) is 29.5 Å². The lowest BCUT2D eigenvalue weighted by molar-refractivity contribution is -0.384. The van der Waals surface area contributed by atoms with Crippen molar-refractivity contribution in [2.45, 2.75) is 33.1 Å². The molecule has 6 nitrogen and oxygen atoms in total. The smallest absolute Gasteiger partial charge is 0.311 e. The van der Waals surface area contributed by atoms with Crippen molar-refractivity contribution < 1.29 is 4.92 Å². The topological polar surface area (TPSA) is 71.3 Å². The van der Waals surface area contributed by atoms with Crippen LogP contribution in [0.1, 0.15) is 33.1 Å². The van der Waals surface area contributed by atoms with E-state index in [1.165, 1.54) is 19.3 Å². The Hall–Kier alpha value is -1.85. The largest absolute Gasteiger partial charge is 0.370 e. The number of nitro groups is 1. The van der Waals surface area contributed by atoms with E-state index in [2.05, 4.69) is 10.3 Å². The summed E-state index contributed by atoms with van der Waals surface area (Å²) in [6.07, 6.45) is 3.71. The van der Waals surface area contributed by atoms with Crippen molar-refractivity contribution in [1.29, 1.82) is 0 Å². The Morgan fingerprint density at radius 2 is 2.20 bits per heavy atom. The molecule has 1 fully saturated rings. The fourth-order valence-electron chi connectivity index (χ4n) is 2.45. The molecule has 2 rings (SSSR count). The van der Waals surface area contributed by atoms with Gasteiger partial charge in [-0.1, -0.05) is 6.42 Å². The van der Waals surface area contributed by atoms with Crippen LogP contribution in [0.15, 0.2) is 12.1 Å². The first kappa shape index (κ1) is 14.6. The predicted molar refractivity (Wildman–Crippen MR) is 80.3 cm³/mol. The fourth-order valence-corrected chi connectivity index (χ4v) is 2.45. The monoisotopic (exact) mass is 278 g/mol. The lowest BCUT2D eigenvalue weighted by Crippen LogP contribution is -2.33. The Bertz CT molecular complexity index is 474. The van der Waals surface area contributed by atoms with Crippen molar-refractivity contribution in [3.8, 4) is 0 Å². The highest BCUT2D eigenvalue weighted by atomic mass is 16.6. The molecule has 0 spiro atoms. The molecule has 0 bridgehead atoms. The zero-order valence-electron chi connectivity index (χ0n) is 12.1. The number of aromatic nitrogens is 1. The highest BCUT2D eigenvalue weighted by Crippen LogP contribution is 2.32. The molecule has 0 aliphatic heterocycles. The van der Waals surface area contributed by atoms with Gasteiger partial charge in [0.05, 0.1) is 4.92 Å². The van der Waals surface area contributed by atoms with Gasteiger partial charge in [0.2, 0.25) is 5.82 Å². The first-order valence-corrected chi connectivity index (χ1v) is 7.30. The maximum atomic E-state index is 11.2. The minimum absolute atomic E-state index is 0.0906. The minimum atomic E-state index is -0.346. The maximum absolute atomic E-state index is 11.2. The van der Waals surface area contributed by atoms with Gasteiger partial charge in [-0.25, -0.2) is 4.98 Å². The molecular weight excluding hydrogens is 256 g/mol. The molecule has 1 N–H and O–H groups in total. The van der Waals surface area contributed by atoms with Gasteiger partial charge >= 0.3 is 5.69 Å². The molecule has 1 aromatic rings. The molecule has 0 saturated heterocycles. The number of hydrogen-bond donors (Lipinski definition) is 1. The van der Waals surface area contributed by atoms with Crippen molar-refractivity contribution in [1.82, 2.24) is 4.98 Å². The lowest BCUT2D eigenvalue weighted by Gasteiger charge is -2.32. The predicted octanol–water partition coefficient (Wildman–Crippen LogP) is 3.05. The molecule has 0 radical (unpaired) electrons. The van der Waals surface area contributed by atoms with Crippen molar-refractivity contribution in [3.63, 3.8) is 0 Å². The Balaban J connectivity index is 2.27. The summed E-state index contributed by atoms with van der Waals surface area (Å²) in [5.41, 5.74) is 0.0906. The SMILES string of the molecule is CCNc1ccc([N+](=O)[O-])c(N(CC)CC2CCC2)n1. The third kappa shape index (κ3) is 3.18. The van der Waals surface area contributed by atoms with Gasteiger partial charge in [-0.15, -0.1) is 0 Å². The first-order chi connectivity index (χ1) is 9.65. The molecule has 1 heterocycles. The highest BCUT2D eigenvalue weighted by molar-refractivity contribution is 5.61. The average Bonchev–Trinajstić information content (AvgIpc) is 2.38. The number of nitrogens with one attached hydrogen (secondary N) is 1. The van der Waals surface area contributed by atoms with Crippen LogP contribution in [0.2, 0.25) is 0 Å². The van der Waals surface area contributed by atoms with E-state index in [0.29, 0.717) is 17.6 Å². The zero-order chi connectivity index (χ0) is 14.5. The molecule has 1 saturated carbocycles. The molecule has 0 aromatic carbocycles. The number of pyridine rings is 1. The van der Waals surface area contributed by atoms with Crippen molar-refractivity contribution in [2.24, 2.45) is 5.92 Å². The van der Waals surface area contributed by atoms with Gasteiger partial charge in [-0.2, -0.15) is 0 Å². The van der Waals surface area contributed by atoms with E-state index in [9.17, 15) is 10.1 Å². The van der Waals surface area contributed by atoms with E-state index in [0.717, 1.165) is 19.6 Å². The Kier molecular flexibility index (Phi) is 4.76. The molecule has 1 aliphatic rings. The van der Waals surface area contributed by atoms with Gasteiger partial charge in [0.25, 0.3) is 0 Å². The number of rotatable bonds is 7. The van der Waals surface area contributed by atoms with Crippen molar-refractivity contribution in [2.75, 3.05) is 29.9 Å². The standard InChI is InChI=1S/C14H22N4O2/c1-3-15-13-9-8-12(18(19)20)14(16-13)17(4-2)10-11-6-5-7-11/h8-9,11H,3-7,10H2,1-2H3,(H,15,16). The Morgan fingerprint density at radius 3 is 2.70 bits per heavy atom. The molecule has 0 atom stereocenters. The first-order valence-electron chi connectivity index (χ1n) is 7.30. The number of hydrogen-bond acceptors (Lipinski definition) is 5. The van der Waals surface area contributed by atoms with Crippen LogP contribution >= 0.6 is 0 Å². The summed E-state index contributed by atoms with van der Waals surface area (Å²) in [4.78, 5) is 17.3. The van der Waals surface area contributed by atoms with Gasteiger partial charge in [0.15, 0.2) is 0 Å². The van der Waals surface area contributed by atoms with Crippen LogP contribution in [0, 0.1) is 16.0 Å². The van der Waals surface area contributed by atoms with Crippen LogP contribution in [0.25, 0.3) is 0 Å². The second kappa shape index (κ2) is 6.54. The normalized spacial score (nSPS) is 14.7. The Morgan fingerprint density at radius 1 is 1.45 bits per heavy atom. The lowest BCUT2D eigenvalue weighted by atomic mass is 9.85. The molecule has 0 unspecified atom stereocenters. The third-order valence-corrected chi connectivity index (χ3v) is 3.79. The third-order valence-electron chi connectivity index (χ3n) is 3.79. The summed E-state index contributed by atoms with van der Waals surface area (Å²) in [6, 6.07) is 3.21. The van der Waals surface area contributed by atoms with Gasteiger partial charge in [0, 0.05) is 25.7 Å². The van der Waals surface area contributed by atoms with Crippen molar-refractivity contribution >= 4 is 17.3 Å². The van der Waals surface area contributed by atoms with Crippen LogP contribution in [-0.2, 0) is 0 Å². The summed E-state index contributed by atoms with van der Waals surface area (Å²) >= 11 is 0. The van der Waals surface area contributed by atoms with E-state index in [4.69, 9.17) is 0 Å². The molecule has 110 valence electrons. The Labute approximate surface area is 119 Å². The summed E-state index contributed by atoms with van der Waals surface area (Å²) in [6.45, 7) is 6.34. The van der Waals surface area contributed by atoms with Gasteiger partial charge < -0.3 is 10.2 Å². The van der Waals surface area contributed by atoms with Crippen LogP contribution in [0.4, 0.5) is 17.3 Å². The summed E-state index contributed by atoms with van der Waals surface area (Å²) in [7, 11) is 0. The van der Waals surface area contributed by atoms with E-state index in [1.54, 1.807) is 12.1 Å². The van der Waals surface area contributed by atoms with E-state index in [-0.39, 0.29) is 10.6 Å². The molecular formula is C14H22N4O2. The van der Waals surface area contributed by atoms with E-state index in [1.807, 2.05) is 18.7 Å². The molecule has 20 heavy (non-hydrogen) atoms. The van der Waals surface area contributed by atoms with E-state index < -0.39 is 0 Å². The van der Waals surface area contributed by atoms with Crippen LogP contribution < -0.4 is 10.2 Å². The second-order valence-corrected chi connectivity index (χ2v) is 5.16. The summed E-state index contributed by atoms with van der Waals surface area (Å²) in [5.74, 6) is 1.84. The molecule has 6 heteroatoms. The second-order valence-electron chi connectivity index (χ2n) is 5.16. The molecule has 0 amide bonds. The quantitative estimate of drug-likeness (QED) is 0.613. The van der Waals surface area contributed by atoms with Crippen LogP contribution in [0.3, 0.4) is 0 Å². The average molecular weight is 278 g/mol. The molecule has 1 aromatic heterocycles. The zero-order valence-corrected chi connectivity index (χ0v) is 12.1. The number of anilines is 2. The van der Waals surface area contributed by atoms with Crippen LogP contribution in [0.5, 0.6) is 0 Å². The highest BCUT2D eigenvalue weighted by Gasteiger charge is 2.25. The van der Waals surface area contributed by atoms with Gasteiger partial charge in [-0.05, 0) is 38.7 Å². The molecule has 1 aliphatic carbocycles. The summed E-state index contributed by atoms with van der Waals surface area (Å²) < 4.78 is 0. The van der Waals surface area contributed by atoms with Gasteiger partial charge in [0.1, 0.15) is 5.82 Å². The maximum Gasteiger partial charge on any atom is 0.311 e. The fraction of sp³-hybridized carbons (Fsp3) is 0.643.